The summed E-state index contributed by atoms with van der Waals surface area (Å²) in [6, 6.07) is 0. The monoisotopic (exact) mass is 187 g/mol. The molecular formula is C9H17NO3. The molecule has 0 radical (unpaired) electrons. The van der Waals surface area contributed by atoms with Gasteiger partial charge in [0.1, 0.15) is 0 Å². The first-order valence-electron chi connectivity index (χ1n) is 4.61. The van der Waals surface area contributed by atoms with E-state index >= 15 is 0 Å². The van der Waals surface area contributed by atoms with E-state index in [-0.39, 0.29) is 18.1 Å². The van der Waals surface area contributed by atoms with Crippen LogP contribution in [-0.2, 0) is 0 Å². The molecule has 1 rings (SSSR count). The van der Waals surface area contributed by atoms with Gasteiger partial charge in [-0.3, -0.25) is 0 Å². The first-order chi connectivity index (χ1) is 6.00. The fourth-order valence-electron chi connectivity index (χ4n) is 2.14. The Balaban J connectivity index is 2.70. The molecule has 4 heteroatoms. The lowest BCUT2D eigenvalue weighted by atomic mass is 9.86. The largest absolute Gasteiger partial charge is 0.465 e. The Morgan fingerprint density at radius 1 is 1.62 bits per heavy atom. The van der Waals surface area contributed by atoms with Crippen molar-refractivity contribution in [3.8, 4) is 0 Å². The summed E-state index contributed by atoms with van der Waals surface area (Å²) in [6.45, 7) is 4.58. The number of aliphatic hydroxyl groups is 1. The first-order valence-corrected chi connectivity index (χ1v) is 4.61. The van der Waals surface area contributed by atoms with Gasteiger partial charge in [-0.1, -0.05) is 0 Å². The molecule has 0 aromatic heterocycles. The highest BCUT2D eigenvalue weighted by atomic mass is 16.4. The SMILES string of the molecule is CC1(C)C(CCO)CCN1C(=O)O. The van der Waals surface area contributed by atoms with Crippen LogP contribution in [0.5, 0.6) is 0 Å². The molecule has 1 heterocycles. The molecule has 0 aromatic carbocycles. The van der Waals surface area contributed by atoms with Crippen LogP contribution in [0.3, 0.4) is 0 Å². The highest BCUT2D eigenvalue weighted by Gasteiger charge is 2.43. The fraction of sp³-hybridized carbons (Fsp3) is 0.889. The van der Waals surface area contributed by atoms with Crippen LogP contribution in [0.1, 0.15) is 26.7 Å². The molecule has 1 atom stereocenters. The number of likely N-dealkylation sites (tertiary alicyclic amines) is 1. The lowest BCUT2D eigenvalue weighted by Gasteiger charge is -2.33. The summed E-state index contributed by atoms with van der Waals surface area (Å²) in [5.41, 5.74) is -0.325. The van der Waals surface area contributed by atoms with Crippen molar-refractivity contribution in [1.29, 1.82) is 0 Å². The maximum atomic E-state index is 10.8. The standard InChI is InChI=1S/C9H17NO3/c1-9(2)7(4-6-11)3-5-10(9)8(12)13/h7,11H,3-6H2,1-2H3,(H,12,13). The van der Waals surface area contributed by atoms with Crippen LogP contribution in [0, 0.1) is 5.92 Å². The van der Waals surface area contributed by atoms with Crippen LogP contribution in [0.15, 0.2) is 0 Å². The zero-order chi connectivity index (χ0) is 10.1. The molecule has 4 nitrogen and oxygen atoms in total. The molecule has 1 aliphatic heterocycles. The third-order valence-electron chi connectivity index (χ3n) is 3.10. The maximum absolute atomic E-state index is 10.8. The zero-order valence-electron chi connectivity index (χ0n) is 8.16. The van der Waals surface area contributed by atoms with E-state index in [1.54, 1.807) is 0 Å². The van der Waals surface area contributed by atoms with E-state index < -0.39 is 6.09 Å². The molecule has 0 aliphatic carbocycles. The van der Waals surface area contributed by atoms with Crippen molar-refractivity contribution in [3.63, 3.8) is 0 Å². The summed E-state index contributed by atoms with van der Waals surface area (Å²) in [5.74, 6) is 0.286. The van der Waals surface area contributed by atoms with E-state index in [9.17, 15) is 4.79 Å². The minimum Gasteiger partial charge on any atom is -0.465 e. The number of hydrogen-bond donors (Lipinski definition) is 2. The van der Waals surface area contributed by atoms with E-state index in [4.69, 9.17) is 10.2 Å². The van der Waals surface area contributed by atoms with Crippen molar-refractivity contribution >= 4 is 6.09 Å². The summed E-state index contributed by atoms with van der Waals surface area (Å²) >= 11 is 0. The van der Waals surface area contributed by atoms with Gasteiger partial charge in [-0.15, -0.1) is 0 Å². The van der Waals surface area contributed by atoms with Crippen LogP contribution < -0.4 is 0 Å². The Kier molecular flexibility index (Phi) is 2.81. The van der Waals surface area contributed by atoms with Crippen molar-refractivity contribution < 1.29 is 15.0 Å². The van der Waals surface area contributed by atoms with Gasteiger partial charge in [0.2, 0.25) is 0 Å². The highest BCUT2D eigenvalue weighted by Crippen LogP contribution is 2.36. The van der Waals surface area contributed by atoms with E-state index in [0.717, 1.165) is 6.42 Å². The summed E-state index contributed by atoms with van der Waals surface area (Å²) in [5, 5.41) is 17.7. The van der Waals surface area contributed by atoms with E-state index in [1.165, 1.54) is 4.90 Å². The smallest absolute Gasteiger partial charge is 0.407 e. The molecule has 0 spiro atoms. The lowest BCUT2D eigenvalue weighted by Crippen LogP contribution is -2.45. The van der Waals surface area contributed by atoms with Gasteiger partial charge in [0.15, 0.2) is 0 Å². The molecule has 1 amide bonds. The van der Waals surface area contributed by atoms with Crippen LogP contribution in [0.25, 0.3) is 0 Å². The Bertz CT molecular complexity index is 203. The van der Waals surface area contributed by atoms with Gasteiger partial charge >= 0.3 is 6.09 Å². The van der Waals surface area contributed by atoms with Crippen molar-refractivity contribution in [1.82, 2.24) is 4.90 Å². The van der Waals surface area contributed by atoms with Crippen LogP contribution in [-0.4, -0.2) is 39.9 Å². The number of nitrogens with zero attached hydrogens (tertiary/aromatic N) is 1. The molecule has 76 valence electrons. The van der Waals surface area contributed by atoms with Gasteiger partial charge in [-0.25, -0.2) is 4.79 Å². The summed E-state index contributed by atoms with van der Waals surface area (Å²) in [7, 11) is 0. The lowest BCUT2D eigenvalue weighted by molar-refractivity contribution is 0.0965. The molecule has 1 fully saturated rings. The second kappa shape index (κ2) is 3.54. The Morgan fingerprint density at radius 3 is 2.62 bits per heavy atom. The number of amides is 1. The number of aliphatic hydroxyl groups excluding tert-OH is 1. The van der Waals surface area contributed by atoms with Gasteiger partial charge in [0, 0.05) is 18.7 Å². The van der Waals surface area contributed by atoms with Gasteiger partial charge in [0.05, 0.1) is 0 Å². The maximum Gasteiger partial charge on any atom is 0.407 e. The van der Waals surface area contributed by atoms with Crippen molar-refractivity contribution in [2.24, 2.45) is 5.92 Å². The average molecular weight is 187 g/mol. The van der Waals surface area contributed by atoms with Gasteiger partial charge in [0.25, 0.3) is 0 Å². The third-order valence-corrected chi connectivity index (χ3v) is 3.10. The predicted molar refractivity (Wildman–Crippen MR) is 48.6 cm³/mol. The van der Waals surface area contributed by atoms with E-state index in [2.05, 4.69) is 0 Å². The zero-order valence-corrected chi connectivity index (χ0v) is 8.16. The van der Waals surface area contributed by atoms with Crippen molar-refractivity contribution in [2.75, 3.05) is 13.2 Å². The number of rotatable bonds is 2. The molecule has 1 unspecified atom stereocenters. The predicted octanol–water partition coefficient (Wildman–Crippen LogP) is 1.15. The van der Waals surface area contributed by atoms with Crippen LogP contribution >= 0.6 is 0 Å². The molecule has 1 aliphatic rings. The van der Waals surface area contributed by atoms with Gasteiger partial charge in [-0.2, -0.15) is 0 Å². The molecule has 1 saturated heterocycles. The number of carboxylic acid groups (broad SMARTS) is 1. The summed E-state index contributed by atoms with van der Waals surface area (Å²) < 4.78 is 0. The summed E-state index contributed by atoms with van der Waals surface area (Å²) in [6.07, 6.45) is 0.696. The highest BCUT2D eigenvalue weighted by molar-refractivity contribution is 5.66. The first kappa shape index (κ1) is 10.3. The van der Waals surface area contributed by atoms with Crippen molar-refractivity contribution in [2.45, 2.75) is 32.2 Å². The summed E-state index contributed by atoms with van der Waals surface area (Å²) in [4.78, 5) is 12.3. The second-order valence-corrected chi connectivity index (χ2v) is 4.09. The Labute approximate surface area is 78.2 Å². The van der Waals surface area contributed by atoms with Gasteiger partial charge < -0.3 is 15.1 Å². The molecule has 13 heavy (non-hydrogen) atoms. The number of hydrogen-bond acceptors (Lipinski definition) is 2. The third kappa shape index (κ3) is 1.77. The fourth-order valence-corrected chi connectivity index (χ4v) is 2.14. The molecule has 0 aromatic rings. The topological polar surface area (TPSA) is 60.8 Å². The molecular weight excluding hydrogens is 170 g/mol. The minimum absolute atomic E-state index is 0.140. The molecule has 0 bridgehead atoms. The Hall–Kier alpha value is -0.770. The average Bonchev–Trinajstić information content (AvgIpc) is 2.28. The van der Waals surface area contributed by atoms with E-state index in [1.807, 2.05) is 13.8 Å². The second-order valence-electron chi connectivity index (χ2n) is 4.09. The van der Waals surface area contributed by atoms with Gasteiger partial charge in [-0.05, 0) is 32.6 Å². The van der Waals surface area contributed by atoms with Crippen LogP contribution in [0.2, 0.25) is 0 Å². The van der Waals surface area contributed by atoms with Crippen LogP contribution in [0.4, 0.5) is 4.79 Å². The minimum atomic E-state index is -0.856. The normalized spacial score (nSPS) is 26.4. The molecule has 0 saturated carbocycles. The van der Waals surface area contributed by atoms with Crippen molar-refractivity contribution in [3.05, 3.63) is 0 Å². The quantitative estimate of drug-likeness (QED) is 0.681. The van der Waals surface area contributed by atoms with E-state index in [0.29, 0.717) is 13.0 Å². The molecule has 2 N–H and O–H groups in total. The number of carbonyl (C=O) groups is 1. The Morgan fingerprint density at radius 2 is 2.23 bits per heavy atom.